The van der Waals surface area contributed by atoms with Crippen molar-refractivity contribution in [1.29, 1.82) is 0 Å². The van der Waals surface area contributed by atoms with Crippen molar-refractivity contribution in [3.63, 3.8) is 0 Å². The van der Waals surface area contributed by atoms with Gasteiger partial charge in [0.05, 0.1) is 6.61 Å². The summed E-state index contributed by atoms with van der Waals surface area (Å²) in [5, 5.41) is 3.50. The van der Waals surface area contributed by atoms with Crippen LogP contribution in [0.1, 0.15) is 46.0 Å². The van der Waals surface area contributed by atoms with Crippen molar-refractivity contribution in [2.45, 2.75) is 52.0 Å². The molecule has 0 bridgehead atoms. The fraction of sp³-hybridized carbons (Fsp3) is 0.933. The molecule has 0 radical (unpaired) electrons. The number of nitrogens with one attached hydrogen (secondary N) is 1. The fourth-order valence-electron chi connectivity index (χ4n) is 2.59. The largest absolute Gasteiger partial charge is 0.383 e. The summed E-state index contributed by atoms with van der Waals surface area (Å²) in [7, 11) is 1.68. The molecule has 1 rings (SSSR count). The molecule has 0 saturated carbocycles. The van der Waals surface area contributed by atoms with E-state index in [9.17, 15) is 4.79 Å². The zero-order valence-corrected chi connectivity index (χ0v) is 12.8. The lowest BCUT2D eigenvalue weighted by Gasteiger charge is -2.27. The van der Waals surface area contributed by atoms with Gasteiger partial charge in [-0.3, -0.25) is 4.79 Å². The van der Waals surface area contributed by atoms with Crippen molar-refractivity contribution in [1.82, 2.24) is 10.2 Å². The van der Waals surface area contributed by atoms with E-state index in [1.165, 1.54) is 19.3 Å². The Hall–Kier alpha value is -0.610. The van der Waals surface area contributed by atoms with Crippen LogP contribution in [0.25, 0.3) is 0 Å². The Bertz CT molecular complexity index is 251. The molecule has 19 heavy (non-hydrogen) atoms. The van der Waals surface area contributed by atoms with Gasteiger partial charge in [0.2, 0.25) is 5.91 Å². The predicted molar refractivity (Wildman–Crippen MR) is 78.2 cm³/mol. The molecule has 0 aromatic heterocycles. The number of nitrogens with zero attached hydrogens (tertiary/aromatic N) is 1. The van der Waals surface area contributed by atoms with E-state index in [1.54, 1.807) is 7.11 Å². The van der Waals surface area contributed by atoms with Gasteiger partial charge in [0.1, 0.15) is 0 Å². The lowest BCUT2D eigenvalue weighted by Crippen LogP contribution is -2.39. The molecule has 0 aliphatic carbocycles. The molecule has 1 amide bonds. The second kappa shape index (κ2) is 9.32. The van der Waals surface area contributed by atoms with Crippen LogP contribution in [-0.4, -0.2) is 50.2 Å². The lowest BCUT2D eigenvalue weighted by atomic mass is 10.00. The average molecular weight is 270 g/mol. The summed E-state index contributed by atoms with van der Waals surface area (Å²) in [5.74, 6) is 0.784. The second-order valence-electron chi connectivity index (χ2n) is 5.91. The van der Waals surface area contributed by atoms with E-state index in [-0.39, 0.29) is 5.91 Å². The Balaban J connectivity index is 2.32. The number of amides is 1. The van der Waals surface area contributed by atoms with E-state index in [2.05, 4.69) is 19.2 Å². The molecule has 0 aromatic rings. The maximum atomic E-state index is 12.3. The number of carbonyl (C=O) groups excluding carboxylic acids is 1. The molecule has 1 unspecified atom stereocenters. The van der Waals surface area contributed by atoms with Gasteiger partial charge in [0, 0.05) is 32.7 Å². The van der Waals surface area contributed by atoms with Crippen LogP contribution in [0.15, 0.2) is 0 Å². The molecule has 1 atom stereocenters. The maximum absolute atomic E-state index is 12.3. The topological polar surface area (TPSA) is 41.6 Å². The van der Waals surface area contributed by atoms with Crippen LogP contribution in [0.3, 0.4) is 0 Å². The van der Waals surface area contributed by atoms with Gasteiger partial charge in [-0.15, -0.1) is 0 Å². The first-order chi connectivity index (χ1) is 9.13. The SMILES string of the molecule is COCCN(CC(C)C)C(=O)CCC1CCCCN1. The number of hydrogen-bond acceptors (Lipinski definition) is 3. The molecule has 1 aliphatic heterocycles. The van der Waals surface area contributed by atoms with Crippen LogP contribution in [0, 0.1) is 5.92 Å². The van der Waals surface area contributed by atoms with Crippen LogP contribution < -0.4 is 5.32 Å². The smallest absolute Gasteiger partial charge is 0.222 e. The first-order valence-corrected chi connectivity index (χ1v) is 7.63. The Kier molecular flexibility index (Phi) is 8.07. The van der Waals surface area contributed by atoms with E-state index < -0.39 is 0 Å². The van der Waals surface area contributed by atoms with Gasteiger partial charge in [-0.1, -0.05) is 20.3 Å². The molecule has 1 saturated heterocycles. The van der Waals surface area contributed by atoms with Crippen LogP contribution in [0.5, 0.6) is 0 Å². The van der Waals surface area contributed by atoms with Gasteiger partial charge in [-0.25, -0.2) is 0 Å². The highest BCUT2D eigenvalue weighted by Crippen LogP contribution is 2.13. The van der Waals surface area contributed by atoms with Gasteiger partial charge in [-0.05, 0) is 31.7 Å². The Labute approximate surface area is 117 Å². The van der Waals surface area contributed by atoms with Crippen molar-refractivity contribution in [3.8, 4) is 0 Å². The molecular weight excluding hydrogens is 240 g/mol. The molecular formula is C15H30N2O2. The third-order valence-corrected chi connectivity index (χ3v) is 3.62. The number of ether oxygens (including phenoxy) is 1. The number of hydrogen-bond donors (Lipinski definition) is 1. The third-order valence-electron chi connectivity index (χ3n) is 3.62. The minimum atomic E-state index is 0.276. The molecule has 4 nitrogen and oxygen atoms in total. The highest BCUT2D eigenvalue weighted by molar-refractivity contribution is 5.76. The van der Waals surface area contributed by atoms with Gasteiger partial charge in [0.15, 0.2) is 0 Å². The summed E-state index contributed by atoms with van der Waals surface area (Å²) >= 11 is 0. The number of rotatable bonds is 8. The quantitative estimate of drug-likeness (QED) is 0.734. The first kappa shape index (κ1) is 16.4. The van der Waals surface area contributed by atoms with Crippen LogP contribution >= 0.6 is 0 Å². The van der Waals surface area contributed by atoms with Crippen molar-refractivity contribution in [2.24, 2.45) is 5.92 Å². The molecule has 4 heteroatoms. The van der Waals surface area contributed by atoms with E-state index in [0.717, 1.165) is 19.5 Å². The van der Waals surface area contributed by atoms with Crippen molar-refractivity contribution in [3.05, 3.63) is 0 Å². The molecule has 1 heterocycles. The number of methoxy groups -OCH3 is 1. The molecule has 112 valence electrons. The number of carbonyl (C=O) groups is 1. The standard InChI is InChI=1S/C15H30N2O2/c1-13(2)12-17(10-11-19-3)15(18)8-7-14-6-4-5-9-16-14/h13-14,16H,4-12H2,1-3H3. The molecule has 1 fully saturated rings. The molecule has 1 N–H and O–H groups in total. The summed E-state index contributed by atoms with van der Waals surface area (Å²) in [6.07, 6.45) is 5.42. The maximum Gasteiger partial charge on any atom is 0.222 e. The summed E-state index contributed by atoms with van der Waals surface area (Å²) in [6, 6.07) is 0.543. The monoisotopic (exact) mass is 270 g/mol. The minimum Gasteiger partial charge on any atom is -0.383 e. The highest BCUT2D eigenvalue weighted by atomic mass is 16.5. The van der Waals surface area contributed by atoms with E-state index in [4.69, 9.17) is 4.74 Å². The van der Waals surface area contributed by atoms with Crippen LogP contribution in [0.4, 0.5) is 0 Å². The Morgan fingerprint density at radius 1 is 1.42 bits per heavy atom. The zero-order valence-electron chi connectivity index (χ0n) is 12.8. The second-order valence-corrected chi connectivity index (χ2v) is 5.91. The van der Waals surface area contributed by atoms with Crippen molar-refractivity contribution >= 4 is 5.91 Å². The molecule has 0 spiro atoms. The first-order valence-electron chi connectivity index (χ1n) is 7.63. The van der Waals surface area contributed by atoms with Gasteiger partial charge < -0.3 is 15.0 Å². The third kappa shape index (κ3) is 6.92. The minimum absolute atomic E-state index is 0.276. The fourth-order valence-corrected chi connectivity index (χ4v) is 2.59. The Morgan fingerprint density at radius 2 is 2.21 bits per heavy atom. The van der Waals surface area contributed by atoms with Crippen molar-refractivity contribution < 1.29 is 9.53 Å². The summed E-state index contributed by atoms with van der Waals surface area (Å²) in [5.41, 5.74) is 0. The number of piperidine rings is 1. The average Bonchev–Trinajstić information content (AvgIpc) is 2.41. The molecule has 0 aromatic carbocycles. The van der Waals surface area contributed by atoms with E-state index in [1.807, 2.05) is 4.90 Å². The van der Waals surface area contributed by atoms with Gasteiger partial charge >= 0.3 is 0 Å². The zero-order chi connectivity index (χ0) is 14.1. The van der Waals surface area contributed by atoms with Crippen molar-refractivity contribution in [2.75, 3.05) is 33.4 Å². The summed E-state index contributed by atoms with van der Waals surface area (Å²) in [4.78, 5) is 14.2. The summed E-state index contributed by atoms with van der Waals surface area (Å²) in [6.45, 7) is 7.58. The summed E-state index contributed by atoms with van der Waals surface area (Å²) < 4.78 is 5.09. The van der Waals surface area contributed by atoms with Crippen LogP contribution in [-0.2, 0) is 9.53 Å². The normalized spacial score (nSPS) is 19.7. The Morgan fingerprint density at radius 3 is 2.79 bits per heavy atom. The van der Waals surface area contributed by atoms with Gasteiger partial charge in [0.25, 0.3) is 0 Å². The molecule has 1 aliphatic rings. The lowest BCUT2D eigenvalue weighted by molar-refractivity contribution is -0.132. The van der Waals surface area contributed by atoms with E-state index in [0.29, 0.717) is 31.5 Å². The van der Waals surface area contributed by atoms with E-state index >= 15 is 0 Å². The van der Waals surface area contributed by atoms with Gasteiger partial charge in [-0.2, -0.15) is 0 Å². The predicted octanol–water partition coefficient (Wildman–Crippen LogP) is 2.04. The van der Waals surface area contributed by atoms with Crippen LogP contribution in [0.2, 0.25) is 0 Å². The highest BCUT2D eigenvalue weighted by Gasteiger charge is 2.18.